The van der Waals surface area contributed by atoms with Crippen LogP contribution in [0.4, 0.5) is 5.69 Å². The normalized spacial score (nSPS) is 16.4. The Morgan fingerprint density at radius 1 is 1.07 bits per heavy atom. The molecule has 1 aromatic heterocycles. The quantitative estimate of drug-likeness (QED) is 0.806. The van der Waals surface area contributed by atoms with E-state index in [-0.39, 0.29) is 17.5 Å². The number of aromatic nitrogens is 1. The Hall–Kier alpha value is -3.09. The van der Waals surface area contributed by atoms with Crippen LogP contribution in [0.1, 0.15) is 64.9 Å². The number of hydrogen-bond acceptors (Lipinski definition) is 5. The third kappa shape index (κ3) is 4.04. The maximum Gasteiger partial charge on any atom is 0.261 e. The van der Waals surface area contributed by atoms with Gasteiger partial charge in [-0.15, -0.1) is 0 Å². The highest BCUT2D eigenvalue weighted by Gasteiger charge is 2.23. The Balaban J connectivity index is 1.57. The number of carbonyl (C=O) groups is 2. The summed E-state index contributed by atoms with van der Waals surface area (Å²) >= 11 is 0. The van der Waals surface area contributed by atoms with Crippen LogP contribution in [0, 0.1) is 0 Å². The minimum absolute atomic E-state index is 0.0479. The van der Waals surface area contributed by atoms with Gasteiger partial charge in [0.05, 0.1) is 13.2 Å². The lowest BCUT2D eigenvalue weighted by Crippen LogP contribution is -2.27. The molecule has 2 aliphatic carbocycles. The second-order valence-corrected chi connectivity index (χ2v) is 7.53. The third-order valence-electron chi connectivity index (χ3n) is 5.52. The number of hydrogen-bond donors (Lipinski definition) is 2. The second-order valence-electron chi connectivity index (χ2n) is 7.53. The Morgan fingerprint density at radius 3 is 2.62 bits per heavy atom. The fourth-order valence-corrected chi connectivity index (χ4v) is 3.97. The summed E-state index contributed by atoms with van der Waals surface area (Å²) in [6.45, 7) is 0. The molecular weight excluding hydrogens is 372 g/mol. The van der Waals surface area contributed by atoms with Crippen molar-refractivity contribution < 1.29 is 19.1 Å². The molecule has 2 N–H and O–H groups in total. The van der Waals surface area contributed by atoms with Crippen LogP contribution in [0.2, 0.25) is 0 Å². The molecule has 2 aromatic rings. The van der Waals surface area contributed by atoms with Gasteiger partial charge in [0.25, 0.3) is 11.5 Å². The van der Waals surface area contributed by atoms with Gasteiger partial charge < -0.3 is 19.8 Å². The molecule has 0 atom stereocenters. The van der Waals surface area contributed by atoms with Gasteiger partial charge in [-0.05, 0) is 56.7 Å². The first-order chi connectivity index (χ1) is 14.0. The number of rotatable bonds is 5. The second kappa shape index (κ2) is 8.11. The predicted octanol–water partition coefficient (Wildman–Crippen LogP) is 3.48. The number of fused-ring (bicyclic) bond motifs is 1. The number of H-pyrrole nitrogens is 1. The lowest BCUT2D eigenvalue weighted by atomic mass is 9.93. The summed E-state index contributed by atoms with van der Waals surface area (Å²) in [6, 6.07) is 6.52. The number of benzene rings is 1. The Morgan fingerprint density at radius 2 is 1.86 bits per heavy atom. The van der Waals surface area contributed by atoms with Crippen LogP contribution in [0.3, 0.4) is 0 Å². The lowest BCUT2D eigenvalue weighted by Gasteiger charge is -2.17. The first-order valence-electron chi connectivity index (χ1n) is 10.0. The molecular formula is C22H24N2O5. The molecule has 0 saturated heterocycles. The van der Waals surface area contributed by atoms with E-state index >= 15 is 0 Å². The minimum atomic E-state index is -0.565. The summed E-state index contributed by atoms with van der Waals surface area (Å²) < 4.78 is 11.4. The van der Waals surface area contributed by atoms with E-state index in [2.05, 4.69) is 10.3 Å². The molecule has 1 amide bonds. The van der Waals surface area contributed by atoms with Crippen molar-refractivity contribution in [2.45, 2.75) is 51.0 Å². The number of ketones is 1. The van der Waals surface area contributed by atoms with Crippen LogP contribution in [0.5, 0.6) is 11.5 Å². The zero-order chi connectivity index (χ0) is 20.4. The van der Waals surface area contributed by atoms with E-state index in [1.807, 2.05) is 0 Å². The lowest BCUT2D eigenvalue weighted by molar-refractivity contribution is 0.0971. The van der Waals surface area contributed by atoms with Crippen molar-refractivity contribution in [3.05, 3.63) is 51.4 Å². The first kappa shape index (κ1) is 19.2. The molecule has 152 valence electrons. The van der Waals surface area contributed by atoms with Gasteiger partial charge >= 0.3 is 0 Å². The van der Waals surface area contributed by atoms with Crippen molar-refractivity contribution in [3.8, 4) is 11.5 Å². The molecule has 1 saturated carbocycles. The zero-order valence-electron chi connectivity index (χ0n) is 16.4. The van der Waals surface area contributed by atoms with E-state index < -0.39 is 11.5 Å². The SMILES string of the molecule is COc1ccc(NC(=O)c2cc3c([nH]c2=O)CCCC3=O)cc1OC1CCCC1. The van der Waals surface area contributed by atoms with Crippen LogP contribution < -0.4 is 20.3 Å². The van der Waals surface area contributed by atoms with Crippen LogP contribution in [0.25, 0.3) is 0 Å². The smallest absolute Gasteiger partial charge is 0.261 e. The first-order valence-corrected chi connectivity index (χ1v) is 10.0. The fraction of sp³-hybridized carbons (Fsp3) is 0.409. The van der Waals surface area contributed by atoms with Crippen molar-refractivity contribution >= 4 is 17.4 Å². The molecule has 7 heteroatoms. The molecule has 1 aromatic carbocycles. The summed E-state index contributed by atoms with van der Waals surface area (Å²) in [5.74, 6) is 0.538. The number of Topliss-reactive ketones (excluding diaryl/α,β-unsaturated/α-hetero) is 1. The number of ether oxygens (including phenoxy) is 2. The van der Waals surface area contributed by atoms with Gasteiger partial charge in [0.2, 0.25) is 0 Å². The summed E-state index contributed by atoms with van der Waals surface area (Å²) in [4.78, 5) is 39.9. The van der Waals surface area contributed by atoms with Gasteiger partial charge in [-0.2, -0.15) is 0 Å². The molecule has 7 nitrogen and oxygen atoms in total. The number of anilines is 1. The van der Waals surface area contributed by atoms with Crippen LogP contribution in [0.15, 0.2) is 29.1 Å². The molecule has 0 bridgehead atoms. The molecule has 0 aliphatic heterocycles. The maximum absolute atomic E-state index is 12.7. The van der Waals surface area contributed by atoms with Crippen molar-refractivity contribution in [2.24, 2.45) is 0 Å². The van der Waals surface area contributed by atoms with Gasteiger partial charge in [0.15, 0.2) is 17.3 Å². The Labute approximate surface area is 168 Å². The van der Waals surface area contributed by atoms with Crippen molar-refractivity contribution in [2.75, 3.05) is 12.4 Å². The Bertz CT molecular complexity index is 1000. The standard InChI is InChI=1S/C22H24N2O5/c1-28-19-10-9-13(11-20(19)29-14-5-2-3-6-14)23-21(26)16-12-15-17(24-22(16)27)7-4-8-18(15)25/h9-12,14H,2-8H2,1H3,(H,23,26)(H,24,27). The topological polar surface area (TPSA) is 97.5 Å². The van der Waals surface area contributed by atoms with E-state index in [0.29, 0.717) is 47.7 Å². The van der Waals surface area contributed by atoms with E-state index in [4.69, 9.17) is 9.47 Å². The van der Waals surface area contributed by atoms with Gasteiger partial charge in [-0.3, -0.25) is 14.4 Å². The number of carbonyl (C=O) groups excluding carboxylic acids is 2. The van der Waals surface area contributed by atoms with Gasteiger partial charge in [-0.25, -0.2) is 0 Å². The molecule has 29 heavy (non-hydrogen) atoms. The van der Waals surface area contributed by atoms with Crippen LogP contribution in [-0.2, 0) is 6.42 Å². The number of pyridine rings is 1. The van der Waals surface area contributed by atoms with E-state index in [1.165, 1.54) is 6.07 Å². The van der Waals surface area contributed by atoms with Crippen LogP contribution >= 0.6 is 0 Å². The average molecular weight is 396 g/mol. The fourth-order valence-electron chi connectivity index (χ4n) is 3.97. The summed E-state index contributed by atoms with van der Waals surface area (Å²) in [7, 11) is 1.57. The summed E-state index contributed by atoms with van der Waals surface area (Å²) in [6.07, 6.45) is 6.20. The molecule has 1 fully saturated rings. The van der Waals surface area contributed by atoms with E-state index in [1.54, 1.807) is 25.3 Å². The molecule has 0 spiro atoms. The highest BCUT2D eigenvalue weighted by Crippen LogP contribution is 2.34. The van der Waals surface area contributed by atoms with E-state index in [0.717, 1.165) is 25.7 Å². The largest absolute Gasteiger partial charge is 0.493 e. The van der Waals surface area contributed by atoms with Gasteiger partial charge in [-0.1, -0.05) is 0 Å². The molecule has 0 radical (unpaired) electrons. The Kier molecular flexibility index (Phi) is 5.38. The van der Waals surface area contributed by atoms with Crippen LogP contribution in [-0.4, -0.2) is 29.9 Å². The highest BCUT2D eigenvalue weighted by atomic mass is 16.5. The number of nitrogens with one attached hydrogen (secondary N) is 2. The minimum Gasteiger partial charge on any atom is -0.493 e. The number of aryl methyl sites for hydroxylation is 1. The molecule has 2 aliphatic rings. The number of amides is 1. The molecule has 1 heterocycles. The van der Waals surface area contributed by atoms with Crippen molar-refractivity contribution in [1.82, 2.24) is 4.98 Å². The predicted molar refractivity (Wildman–Crippen MR) is 108 cm³/mol. The third-order valence-corrected chi connectivity index (χ3v) is 5.52. The maximum atomic E-state index is 12.7. The van der Waals surface area contributed by atoms with Gasteiger partial charge in [0, 0.05) is 29.4 Å². The van der Waals surface area contributed by atoms with Crippen molar-refractivity contribution in [1.29, 1.82) is 0 Å². The highest BCUT2D eigenvalue weighted by molar-refractivity contribution is 6.06. The summed E-state index contributed by atoms with van der Waals surface area (Å²) in [5.41, 5.74) is 0.965. The molecule has 0 unspecified atom stereocenters. The number of aromatic amines is 1. The zero-order valence-corrected chi connectivity index (χ0v) is 16.4. The molecule has 4 rings (SSSR count). The monoisotopic (exact) mass is 396 g/mol. The summed E-state index contributed by atoms with van der Waals surface area (Å²) in [5, 5.41) is 2.73. The number of methoxy groups -OCH3 is 1. The van der Waals surface area contributed by atoms with Gasteiger partial charge in [0.1, 0.15) is 5.56 Å². The van der Waals surface area contributed by atoms with Crippen molar-refractivity contribution in [3.63, 3.8) is 0 Å². The van der Waals surface area contributed by atoms with E-state index in [9.17, 15) is 14.4 Å². The average Bonchev–Trinajstić information content (AvgIpc) is 3.21.